The number of aryl methyl sites for hydroxylation is 1. The minimum Gasteiger partial charge on any atom is -0.324 e. The Hall–Kier alpha value is -0.820. The molecule has 1 aliphatic rings. The van der Waals surface area contributed by atoms with Crippen LogP contribution in [-0.4, -0.2) is 0 Å². The van der Waals surface area contributed by atoms with Crippen molar-refractivity contribution >= 4 is 0 Å². The highest BCUT2D eigenvalue weighted by Gasteiger charge is 2.16. The summed E-state index contributed by atoms with van der Waals surface area (Å²) in [4.78, 5) is 0. The van der Waals surface area contributed by atoms with Crippen LogP contribution in [-0.2, 0) is 12.8 Å². The van der Waals surface area contributed by atoms with Gasteiger partial charge in [-0.15, -0.1) is 0 Å². The molecule has 82 valence electrons. The number of fused-ring (bicyclic) bond motifs is 1. The van der Waals surface area contributed by atoms with Crippen molar-refractivity contribution in [3.8, 4) is 0 Å². The third-order valence-corrected chi connectivity index (χ3v) is 3.21. The first-order valence-corrected chi connectivity index (χ1v) is 6.04. The first-order valence-electron chi connectivity index (χ1n) is 6.04. The van der Waals surface area contributed by atoms with Crippen molar-refractivity contribution in [2.24, 2.45) is 11.7 Å². The molecule has 15 heavy (non-hydrogen) atoms. The van der Waals surface area contributed by atoms with Gasteiger partial charge in [-0.3, -0.25) is 0 Å². The molecule has 1 aliphatic carbocycles. The van der Waals surface area contributed by atoms with Crippen LogP contribution >= 0.6 is 0 Å². The fourth-order valence-electron chi connectivity index (χ4n) is 2.48. The molecule has 0 fully saturated rings. The average Bonchev–Trinajstić information content (AvgIpc) is 2.18. The molecule has 1 atom stereocenters. The molecule has 2 N–H and O–H groups in total. The third-order valence-electron chi connectivity index (χ3n) is 3.21. The predicted octanol–water partition coefficient (Wildman–Crippen LogP) is 3.22. The van der Waals surface area contributed by atoms with Gasteiger partial charge in [0.1, 0.15) is 0 Å². The predicted molar refractivity (Wildman–Crippen MR) is 64.9 cm³/mol. The highest BCUT2D eigenvalue weighted by atomic mass is 14.6. The van der Waals surface area contributed by atoms with Gasteiger partial charge in [-0.1, -0.05) is 32.0 Å². The second kappa shape index (κ2) is 4.36. The molecule has 0 unspecified atom stereocenters. The quantitative estimate of drug-likeness (QED) is 0.784. The molecule has 1 heteroatoms. The van der Waals surface area contributed by atoms with Crippen molar-refractivity contribution in [2.75, 3.05) is 0 Å². The van der Waals surface area contributed by atoms with Gasteiger partial charge in [-0.2, -0.15) is 0 Å². The van der Waals surface area contributed by atoms with Crippen LogP contribution in [0.2, 0.25) is 0 Å². The Morgan fingerprint density at radius 3 is 2.93 bits per heavy atom. The summed E-state index contributed by atoms with van der Waals surface area (Å²) in [6, 6.07) is 7.17. The summed E-state index contributed by atoms with van der Waals surface area (Å²) in [6.45, 7) is 4.53. The molecular formula is C14H21N. The minimum atomic E-state index is 0.279. The summed E-state index contributed by atoms with van der Waals surface area (Å²) in [7, 11) is 0. The molecule has 0 aromatic heterocycles. The van der Waals surface area contributed by atoms with E-state index in [1.54, 1.807) is 0 Å². The standard InChI is InChI=1S/C14H21N/c1-10(2)8-11-6-7-12-4-3-5-14(15)13(12)9-11/h6-7,9-10,14H,3-5,8,15H2,1-2H3/t14-/m0/s1. The summed E-state index contributed by atoms with van der Waals surface area (Å²) in [5.74, 6) is 0.725. The SMILES string of the molecule is CC(C)Cc1ccc2c(c1)[C@@H](N)CCC2. The van der Waals surface area contributed by atoms with Gasteiger partial charge < -0.3 is 5.73 Å². The van der Waals surface area contributed by atoms with Crippen LogP contribution in [0.1, 0.15) is 49.4 Å². The lowest BCUT2D eigenvalue weighted by atomic mass is 9.86. The van der Waals surface area contributed by atoms with E-state index in [1.807, 2.05) is 0 Å². The number of hydrogen-bond acceptors (Lipinski definition) is 1. The monoisotopic (exact) mass is 203 g/mol. The largest absolute Gasteiger partial charge is 0.324 e. The Kier molecular flexibility index (Phi) is 3.11. The van der Waals surface area contributed by atoms with Crippen molar-refractivity contribution in [1.82, 2.24) is 0 Å². The van der Waals surface area contributed by atoms with E-state index in [4.69, 9.17) is 5.73 Å². The van der Waals surface area contributed by atoms with Gasteiger partial charge in [0.15, 0.2) is 0 Å². The van der Waals surface area contributed by atoms with Gasteiger partial charge >= 0.3 is 0 Å². The molecule has 1 aromatic carbocycles. The Bertz CT molecular complexity index is 341. The summed E-state index contributed by atoms with van der Waals surface area (Å²) in [5, 5.41) is 0. The molecule has 0 saturated heterocycles. The average molecular weight is 203 g/mol. The van der Waals surface area contributed by atoms with Crippen LogP contribution in [0.25, 0.3) is 0 Å². The van der Waals surface area contributed by atoms with E-state index in [1.165, 1.54) is 36.0 Å². The maximum absolute atomic E-state index is 6.15. The second-order valence-corrected chi connectivity index (χ2v) is 5.13. The van der Waals surface area contributed by atoms with Crippen molar-refractivity contribution in [1.29, 1.82) is 0 Å². The van der Waals surface area contributed by atoms with Gasteiger partial charge in [0.2, 0.25) is 0 Å². The Balaban J connectivity index is 2.27. The smallest absolute Gasteiger partial charge is 0.0297 e. The Morgan fingerprint density at radius 2 is 2.20 bits per heavy atom. The first kappa shape index (κ1) is 10.7. The zero-order valence-electron chi connectivity index (χ0n) is 9.79. The topological polar surface area (TPSA) is 26.0 Å². The fourth-order valence-corrected chi connectivity index (χ4v) is 2.48. The summed E-state index contributed by atoms with van der Waals surface area (Å²) >= 11 is 0. The summed E-state index contributed by atoms with van der Waals surface area (Å²) in [5.41, 5.74) is 10.5. The van der Waals surface area contributed by atoms with E-state index < -0.39 is 0 Å². The normalized spacial score (nSPS) is 20.4. The summed E-state index contributed by atoms with van der Waals surface area (Å²) in [6.07, 6.45) is 4.78. The van der Waals surface area contributed by atoms with Gasteiger partial charge in [-0.25, -0.2) is 0 Å². The molecule has 1 nitrogen and oxygen atoms in total. The third kappa shape index (κ3) is 2.40. The Morgan fingerprint density at radius 1 is 1.40 bits per heavy atom. The van der Waals surface area contributed by atoms with Gasteiger partial charge in [0.05, 0.1) is 0 Å². The van der Waals surface area contributed by atoms with Crippen molar-refractivity contribution < 1.29 is 0 Å². The molecule has 0 amide bonds. The van der Waals surface area contributed by atoms with Gasteiger partial charge in [0, 0.05) is 6.04 Å². The van der Waals surface area contributed by atoms with Crippen molar-refractivity contribution in [3.05, 3.63) is 34.9 Å². The molecule has 0 heterocycles. The van der Waals surface area contributed by atoms with E-state index in [-0.39, 0.29) is 6.04 Å². The lowest BCUT2D eigenvalue weighted by Gasteiger charge is -2.23. The van der Waals surface area contributed by atoms with Crippen molar-refractivity contribution in [2.45, 2.75) is 45.6 Å². The van der Waals surface area contributed by atoms with E-state index in [2.05, 4.69) is 32.0 Å². The highest BCUT2D eigenvalue weighted by molar-refractivity contribution is 5.36. The van der Waals surface area contributed by atoms with E-state index in [0.29, 0.717) is 0 Å². The second-order valence-electron chi connectivity index (χ2n) is 5.13. The molecule has 0 aliphatic heterocycles. The maximum Gasteiger partial charge on any atom is 0.0297 e. The molecule has 2 rings (SSSR count). The van der Waals surface area contributed by atoms with Crippen LogP contribution in [0.4, 0.5) is 0 Å². The van der Waals surface area contributed by atoms with Gasteiger partial charge in [-0.05, 0) is 48.3 Å². The molecule has 0 radical (unpaired) electrons. The maximum atomic E-state index is 6.15. The molecule has 1 aromatic rings. The molecular weight excluding hydrogens is 182 g/mol. The van der Waals surface area contributed by atoms with Crippen LogP contribution < -0.4 is 5.73 Å². The van der Waals surface area contributed by atoms with Crippen LogP contribution in [0.5, 0.6) is 0 Å². The lowest BCUT2D eigenvalue weighted by molar-refractivity contribution is 0.567. The van der Waals surface area contributed by atoms with E-state index in [9.17, 15) is 0 Å². The fraction of sp³-hybridized carbons (Fsp3) is 0.571. The van der Waals surface area contributed by atoms with Crippen LogP contribution in [0.3, 0.4) is 0 Å². The van der Waals surface area contributed by atoms with E-state index >= 15 is 0 Å². The lowest BCUT2D eigenvalue weighted by Crippen LogP contribution is -2.17. The number of benzene rings is 1. The van der Waals surface area contributed by atoms with Crippen molar-refractivity contribution in [3.63, 3.8) is 0 Å². The van der Waals surface area contributed by atoms with E-state index in [0.717, 1.165) is 12.3 Å². The molecule has 0 spiro atoms. The zero-order valence-corrected chi connectivity index (χ0v) is 9.79. The zero-order chi connectivity index (χ0) is 10.8. The highest BCUT2D eigenvalue weighted by Crippen LogP contribution is 2.29. The minimum absolute atomic E-state index is 0.279. The molecule has 0 saturated carbocycles. The van der Waals surface area contributed by atoms with Crippen LogP contribution in [0, 0.1) is 5.92 Å². The number of rotatable bonds is 2. The molecule has 0 bridgehead atoms. The van der Waals surface area contributed by atoms with Crippen LogP contribution in [0.15, 0.2) is 18.2 Å². The number of hydrogen-bond donors (Lipinski definition) is 1. The number of nitrogens with two attached hydrogens (primary N) is 1. The van der Waals surface area contributed by atoms with Gasteiger partial charge in [0.25, 0.3) is 0 Å². The summed E-state index contributed by atoms with van der Waals surface area (Å²) < 4.78 is 0. The Labute approximate surface area is 92.7 Å². The first-order chi connectivity index (χ1) is 7.16.